The summed E-state index contributed by atoms with van der Waals surface area (Å²) in [6.07, 6.45) is 1.67. The normalized spacial score (nSPS) is 15.2. The summed E-state index contributed by atoms with van der Waals surface area (Å²) >= 11 is 13.6. The average Bonchev–Trinajstić information content (AvgIpc) is 3.47. The number of thiazole rings is 1. The van der Waals surface area contributed by atoms with E-state index in [-0.39, 0.29) is 12.2 Å². The lowest BCUT2D eigenvalue weighted by atomic mass is 9.95. The van der Waals surface area contributed by atoms with Crippen molar-refractivity contribution >= 4 is 52.3 Å². The fourth-order valence-electron chi connectivity index (χ4n) is 4.46. The first kappa shape index (κ1) is 27.0. The van der Waals surface area contributed by atoms with Crippen molar-refractivity contribution in [3.05, 3.63) is 107 Å². The summed E-state index contributed by atoms with van der Waals surface area (Å²) in [5, 5.41) is 0.991. The molecule has 0 bridgehead atoms. The Kier molecular flexibility index (Phi) is 7.53. The lowest BCUT2D eigenvalue weighted by Gasteiger charge is -2.25. The first-order valence-corrected chi connectivity index (χ1v) is 13.8. The molecule has 4 aromatic rings. The number of aromatic nitrogens is 1. The maximum Gasteiger partial charge on any atom is 0.338 e. The van der Waals surface area contributed by atoms with Gasteiger partial charge >= 0.3 is 5.97 Å². The number of carbonyl (C=O) groups is 1. The first-order chi connectivity index (χ1) is 18.7. The summed E-state index contributed by atoms with van der Waals surface area (Å²) in [4.78, 5) is 34.0. The summed E-state index contributed by atoms with van der Waals surface area (Å²) in [5.74, 6) is 0.537. The van der Waals surface area contributed by atoms with Crippen LogP contribution in [0.1, 0.15) is 31.2 Å². The number of rotatable bonds is 6. The van der Waals surface area contributed by atoms with Gasteiger partial charge in [-0.1, -0.05) is 46.7 Å². The number of allylic oxidation sites excluding steroid dienone is 1. The van der Waals surface area contributed by atoms with Gasteiger partial charge in [-0.15, -0.1) is 0 Å². The Balaban J connectivity index is 1.63. The maximum atomic E-state index is 13.8. The van der Waals surface area contributed by atoms with Crippen LogP contribution in [0.5, 0.6) is 0 Å². The highest BCUT2D eigenvalue weighted by atomic mass is 35.5. The smallest absolute Gasteiger partial charge is 0.338 e. The summed E-state index contributed by atoms with van der Waals surface area (Å²) < 4.78 is 13.3. The van der Waals surface area contributed by atoms with Gasteiger partial charge in [0.15, 0.2) is 4.80 Å². The fraction of sp³-hybridized carbons (Fsp3) is 0.207. The fourth-order valence-corrected chi connectivity index (χ4v) is 5.98. The predicted octanol–water partition coefficient (Wildman–Crippen LogP) is 5.43. The van der Waals surface area contributed by atoms with E-state index in [1.54, 1.807) is 54.8 Å². The molecular formula is C29H25Cl2N3O4S. The molecule has 0 saturated heterocycles. The molecule has 3 heterocycles. The van der Waals surface area contributed by atoms with Crippen molar-refractivity contribution in [3.63, 3.8) is 0 Å². The van der Waals surface area contributed by atoms with Crippen LogP contribution in [0.2, 0.25) is 10.0 Å². The van der Waals surface area contributed by atoms with Crippen LogP contribution in [-0.2, 0) is 9.53 Å². The summed E-state index contributed by atoms with van der Waals surface area (Å²) in [7, 11) is 3.90. The molecule has 0 aliphatic carbocycles. The monoisotopic (exact) mass is 581 g/mol. The minimum absolute atomic E-state index is 0.213. The molecule has 10 heteroatoms. The zero-order valence-corrected chi connectivity index (χ0v) is 24.0. The number of nitrogens with zero attached hydrogens (tertiary/aromatic N) is 3. The molecule has 0 spiro atoms. The summed E-state index contributed by atoms with van der Waals surface area (Å²) in [6.45, 7) is 3.72. The second kappa shape index (κ2) is 10.9. The third kappa shape index (κ3) is 5.20. The number of halogens is 2. The number of furan rings is 1. The SMILES string of the molecule is CCOC(=O)C1=C(C)N=c2s/c(=C/c3ccc(-c4ccc(Cl)cc4Cl)o3)c(=O)n2[C@@H]1c1ccc(N(C)C)cc1. The minimum Gasteiger partial charge on any atom is -0.463 e. The quantitative estimate of drug-likeness (QED) is 0.284. The van der Waals surface area contributed by atoms with Crippen molar-refractivity contribution in [2.24, 2.45) is 4.99 Å². The molecule has 0 fully saturated rings. The van der Waals surface area contributed by atoms with E-state index < -0.39 is 12.0 Å². The van der Waals surface area contributed by atoms with Crippen molar-refractivity contribution in [2.75, 3.05) is 25.6 Å². The molecule has 1 atom stereocenters. The molecule has 0 N–H and O–H groups in total. The lowest BCUT2D eigenvalue weighted by Crippen LogP contribution is -2.39. The Bertz CT molecular complexity index is 1780. The molecule has 0 amide bonds. The van der Waals surface area contributed by atoms with Crippen LogP contribution in [0.4, 0.5) is 5.69 Å². The standard InChI is InChI=1S/C29H25Cl2N3O4S/c1-5-37-28(36)25-16(2)32-29-34(26(25)17-6-9-19(10-7-17)33(3)4)27(35)24(39-29)15-20-11-13-23(38-20)21-12-8-18(30)14-22(21)31/h6-15,26H,5H2,1-4H3/b24-15+/t26-/m1/s1. The number of hydrogen-bond donors (Lipinski definition) is 0. The van der Waals surface area contributed by atoms with E-state index >= 15 is 0 Å². The zero-order chi connectivity index (χ0) is 27.8. The highest BCUT2D eigenvalue weighted by Gasteiger charge is 2.33. The molecule has 5 rings (SSSR count). The van der Waals surface area contributed by atoms with E-state index in [0.717, 1.165) is 11.3 Å². The molecule has 0 saturated carbocycles. The number of carbonyl (C=O) groups excluding carboxylic acids is 1. The molecule has 2 aromatic heterocycles. The second-order valence-electron chi connectivity index (χ2n) is 9.11. The van der Waals surface area contributed by atoms with Gasteiger partial charge in [-0.3, -0.25) is 9.36 Å². The van der Waals surface area contributed by atoms with Gasteiger partial charge in [0, 0.05) is 36.4 Å². The van der Waals surface area contributed by atoms with Crippen LogP contribution in [0.3, 0.4) is 0 Å². The van der Waals surface area contributed by atoms with E-state index in [9.17, 15) is 9.59 Å². The van der Waals surface area contributed by atoms with E-state index in [1.807, 2.05) is 43.3 Å². The molecule has 7 nitrogen and oxygen atoms in total. The highest BCUT2D eigenvalue weighted by Crippen LogP contribution is 2.33. The highest BCUT2D eigenvalue weighted by molar-refractivity contribution is 7.07. The van der Waals surface area contributed by atoms with Crippen LogP contribution in [0, 0.1) is 0 Å². The van der Waals surface area contributed by atoms with Gasteiger partial charge in [-0.05, 0) is 61.9 Å². The van der Waals surface area contributed by atoms with E-state index in [1.165, 1.54) is 11.3 Å². The van der Waals surface area contributed by atoms with Gasteiger partial charge in [-0.2, -0.15) is 0 Å². The van der Waals surface area contributed by atoms with Crippen molar-refractivity contribution < 1.29 is 13.9 Å². The van der Waals surface area contributed by atoms with Gasteiger partial charge < -0.3 is 14.1 Å². The van der Waals surface area contributed by atoms with E-state index in [4.69, 9.17) is 32.4 Å². The molecule has 200 valence electrons. The molecule has 1 aliphatic rings. The molecule has 39 heavy (non-hydrogen) atoms. The summed E-state index contributed by atoms with van der Waals surface area (Å²) in [5.41, 5.74) is 3.05. The zero-order valence-electron chi connectivity index (χ0n) is 21.7. The van der Waals surface area contributed by atoms with Gasteiger partial charge in [0.25, 0.3) is 5.56 Å². The van der Waals surface area contributed by atoms with Crippen molar-refractivity contribution in [2.45, 2.75) is 19.9 Å². The number of anilines is 1. The van der Waals surface area contributed by atoms with Crippen LogP contribution < -0.4 is 19.8 Å². The van der Waals surface area contributed by atoms with Crippen molar-refractivity contribution in [3.8, 4) is 11.3 Å². The number of ether oxygens (including phenoxy) is 1. The number of benzene rings is 2. The van der Waals surface area contributed by atoms with Crippen LogP contribution in [0.15, 0.2) is 80.1 Å². The minimum atomic E-state index is -0.682. The Hall–Kier alpha value is -3.59. The van der Waals surface area contributed by atoms with Gasteiger partial charge in [0.1, 0.15) is 11.5 Å². The average molecular weight is 583 g/mol. The van der Waals surface area contributed by atoms with Crippen LogP contribution >= 0.6 is 34.5 Å². The number of esters is 1. The van der Waals surface area contributed by atoms with E-state index in [0.29, 0.717) is 47.7 Å². The predicted molar refractivity (Wildman–Crippen MR) is 155 cm³/mol. The van der Waals surface area contributed by atoms with Gasteiger partial charge in [-0.25, -0.2) is 9.79 Å². The van der Waals surface area contributed by atoms with Crippen LogP contribution in [-0.4, -0.2) is 31.2 Å². The number of hydrogen-bond acceptors (Lipinski definition) is 7. The summed E-state index contributed by atoms with van der Waals surface area (Å²) in [6, 6.07) is 15.8. The third-order valence-corrected chi connectivity index (χ3v) is 7.87. The molecule has 2 aromatic carbocycles. The van der Waals surface area contributed by atoms with Crippen LogP contribution in [0.25, 0.3) is 17.4 Å². The molecule has 0 unspecified atom stereocenters. The second-order valence-corrected chi connectivity index (χ2v) is 11.0. The maximum absolute atomic E-state index is 13.8. The largest absolute Gasteiger partial charge is 0.463 e. The Morgan fingerprint density at radius 3 is 2.56 bits per heavy atom. The molecule has 0 radical (unpaired) electrons. The van der Waals surface area contributed by atoms with Crippen molar-refractivity contribution in [1.82, 2.24) is 4.57 Å². The number of fused-ring (bicyclic) bond motifs is 1. The lowest BCUT2D eigenvalue weighted by molar-refractivity contribution is -0.139. The van der Waals surface area contributed by atoms with E-state index in [2.05, 4.69) is 4.99 Å². The Labute approximate surface area is 238 Å². The molecule has 1 aliphatic heterocycles. The topological polar surface area (TPSA) is 77.0 Å². The molecular weight excluding hydrogens is 557 g/mol. The van der Waals surface area contributed by atoms with Crippen molar-refractivity contribution in [1.29, 1.82) is 0 Å². The van der Waals surface area contributed by atoms with Gasteiger partial charge in [0.2, 0.25) is 0 Å². The third-order valence-electron chi connectivity index (χ3n) is 6.34. The van der Waals surface area contributed by atoms with Gasteiger partial charge in [0.05, 0.1) is 33.5 Å². The Morgan fingerprint density at radius 1 is 1.15 bits per heavy atom. The Morgan fingerprint density at radius 2 is 1.90 bits per heavy atom. The first-order valence-electron chi connectivity index (χ1n) is 12.2.